The largest absolute Gasteiger partial charge is 0.378 e. The van der Waals surface area contributed by atoms with Gasteiger partial charge in [0.1, 0.15) is 22.1 Å². The molecule has 2 N–H and O–H groups in total. The van der Waals surface area contributed by atoms with Crippen molar-refractivity contribution in [1.29, 1.82) is 0 Å². The summed E-state index contributed by atoms with van der Waals surface area (Å²) in [5.74, 6) is 0.659. The summed E-state index contributed by atoms with van der Waals surface area (Å²) in [6.07, 6.45) is 3.07. The first kappa shape index (κ1) is 25.6. The van der Waals surface area contributed by atoms with Gasteiger partial charge in [-0.2, -0.15) is 5.10 Å². The maximum absolute atomic E-state index is 13.4. The van der Waals surface area contributed by atoms with Gasteiger partial charge in [0.15, 0.2) is 5.82 Å². The molecule has 1 aliphatic rings. The summed E-state index contributed by atoms with van der Waals surface area (Å²) >= 11 is 12.4. The van der Waals surface area contributed by atoms with Crippen LogP contribution in [0.1, 0.15) is 41.1 Å². The van der Waals surface area contributed by atoms with Crippen molar-refractivity contribution < 1.29 is 4.39 Å². The van der Waals surface area contributed by atoms with Gasteiger partial charge < -0.3 is 15.2 Å². The second-order valence-electron chi connectivity index (χ2n) is 10.1. The van der Waals surface area contributed by atoms with Gasteiger partial charge in [-0.1, -0.05) is 48.1 Å². The standard InChI is InChI=1S/C31H29ClFN5S/c1-19-6-7-20(2)26(17-19)35-30(39)29-28(21-8-10-22(32)11-9-21)25-5-3-4-16-37-27(36-38(29)31(25)37)18-34-24-14-12-23(33)13-15-24/h6-15,17,34H,3-5,16,18H2,1-2H3,(H,35,39). The third-order valence-electron chi connectivity index (χ3n) is 7.35. The minimum Gasteiger partial charge on any atom is -0.378 e. The Morgan fingerprint density at radius 1 is 1.03 bits per heavy atom. The van der Waals surface area contributed by atoms with E-state index in [4.69, 9.17) is 28.9 Å². The van der Waals surface area contributed by atoms with E-state index < -0.39 is 0 Å². The Morgan fingerprint density at radius 2 is 1.79 bits per heavy atom. The lowest BCUT2D eigenvalue weighted by molar-refractivity contribution is 0.618. The highest BCUT2D eigenvalue weighted by atomic mass is 35.5. The summed E-state index contributed by atoms with van der Waals surface area (Å²) in [5.41, 5.74) is 9.50. The lowest BCUT2D eigenvalue weighted by atomic mass is 9.98. The topological polar surface area (TPSA) is 46.3 Å². The Bertz CT molecular complexity index is 1690. The zero-order valence-corrected chi connectivity index (χ0v) is 23.5. The van der Waals surface area contributed by atoms with Crippen molar-refractivity contribution in [3.05, 3.63) is 106 Å². The number of aryl methyl sites for hydroxylation is 4. The number of benzene rings is 3. The summed E-state index contributed by atoms with van der Waals surface area (Å²) in [4.78, 5) is 0.623. The summed E-state index contributed by atoms with van der Waals surface area (Å²) in [7, 11) is 0. The van der Waals surface area contributed by atoms with Crippen LogP contribution in [0.3, 0.4) is 0 Å². The van der Waals surface area contributed by atoms with Crippen molar-refractivity contribution in [1.82, 2.24) is 14.2 Å². The van der Waals surface area contributed by atoms with Crippen LogP contribution in [0, 0.1) is 19.7 Å². The molecule has 0 unspecified atom stereocenters. The van der Waals surface area contributed by atoms with Crippen LogP contribution in [0.2, 0.25) is 5.02 Å². The molecule has 6 rings (SSSR count). The molecule has 0 radical (unpaired) electrons. The minimum atomic E-state index is -0.254. The summed E-state index contributed by atoms with van der Waals surface area (Å²) in [5, 5.41) is 12.7. The molecule has 3 heterocycles. The number of nitrogens with one attached hydrogen (secondary N) is 2. The van der Waals surface area contributed by atoms with Crippen molar-refractivity contribution >= 4 is 45.8 Å². The molecule has 0 atom stereocenters. The van der Waals surface area contributed by atoms with Crippen molar-refractivity contribution in [2.45, 2.75) is 46.2 Å². The molecular formula is C31H29ClFN5S. The third kappa shape index (κ3) is 4.92. The Kier molecular flexibility index (Phi) is 6.87. The Balaban J connectivity index is 1.49. The van der Waals surface area contributed by atoms with Gasteiger partial charge in [-0.25, -0.2) is 8.91 Å². The molecule has 5 nitrogen and oxygen atoms in total. The first-order valence-corrected chi connectivity index (χ1v) is 13.9. The molecule has 5 aromatic rings. The number of hydrogen-bond donors (Lipinski definition) is 2. The van der Waals surface area contributed by atoms with Gasteiger partial charge in [-0.05, 0) is 92.3 Å². The zero-order valence-electron chi connectivity index (χ0n) is 21.9. The molecule has 0 amide bonds. The number of halogens is 2. The number of nitrogens with zero attached hydrogens (tertiary/aromatic N) is 3. The average molecular weight is 558 g/mol. The van der Waals surface area contributed by atoms with E-state index in [0.29, 0.717) is 16.6 Å². The molecule has 0 aliphatic carbocycles. The van der Waals surface area contributed by atoms with Crippen LogP contribution in [0.25, 0.3) is 16.8 Å². The predicted molar refractivity (Wildman–Crippen MR) is 162 cm³/mol. The van der Waals surface area contributed by atoms with Crippen molar-refractivity contribution in [3.8, 4) is 11.1 Å². The zero-order chi connectivity index (χ0) is 27.1. The van der Waals surface area contributed by atoms with Crippen LogP contribution in [-0.4, -0.2) is 19.2 Å². The van der Waals surface area contributed by atoms with E-state index in [-0.39, 0.29) is 5.82 Å². The van der Waals surface area contributed by atoms with Crippen LogP contribution in [-0.2, 0) is 19.5 Å². The second-order valence-corrected chi connectivity index (χ2v) is 10.9. The summed E-state index contributed by atoms with van der Waals surface area (Å²) < 4.78 is 17.7. The normalized spacial score (nSPS) is 12.9. The monoisotopic (exact) mass is 557 g/mol. The fraction of sp³-hybridized carbons (Fsp3) is 0.226. The SMILES string of the molecule is Cc1ccc(C)c(NC(=S)c2c(-c3ccc(Cl)cc3)c3c4n(c(CNc5ccc(F)cc5)nn24)CCCC3)c1. The van der Waals surface area contributed by atoms with Crippen LogP contribution in [0.5, 0.6) is 0 Å². The highest BCUT2D eigenvalue weighted by Gasteiger charge is 2.29. The van der Waals surface area contributed by atoms with Crippen molar-refractivity contribution in [2.75, 3.05) is 10.6 Å². The molecular weight excluding hydrogens is 529 g/mol. The van der Waals surface area contributed by atoms with Gasteiger partial charge in [-0.3, -0.25) is 0 Å². The van der Waals surface area contributed by atoms with Gasteiger partial charge >= 0.3 is 0 Å². The number of anilines is 2. The lowest BCUT2D eigenvalue weighted by Gasteiger charge is -2.14. The molecule has 198 valence electrons. The summed E-state index contributed by atoms with van der Waals surface area (Å²) in [6, 6.07) is 20.7. The van der Waals surface area contributed by atoms with Gasteiger partial charge in [0.05, 0.1) is 6.54 Å². The van der Waals surface area contributed by atoms with Gasteiger partial charge in [0, 0.05) is 34.1 Å². The molecule has 0 saturated carbocycles. The van der Waals surface area contributed by atoms with Gasteiger partial charge in [-0.15, -0.1) is 0 Å². The minimum absolute atomic E-state index is 0.254. The second kappa shape index (κ2) is 10.5. The average Bonchev–Trinajstić information content (AvgIpc) is 3.32. The summed E-state index contributed by atoms with van der Waals surface area (Å²) in [6.45, 7) is 5.54. The fourth-order valence-corrected chi connectivity index (χ4v) is 5.80. The van der Waals surface area contributed by atoms with Gasteiger partial charge in [0.2, 0.25) is 0 Å². The van der Waals surface area contributed by atoms with Crippen LogP contribution in [0.4, 0.5) is 15.8 Å². The van der Waals surface area contributed by atoms with E-state index >= 15 is 0 Å². The van der Waals surface area contributed by atoms with E-state index in [1.807, 2.05) is 16.6 Å². The van der Waals surface area contributed by atoms with Crippen molar-refractivity contribution in [2.24, 2.45) is 0 Å². The number of thiocarbonyl (C=S) groups is 1. The molecule has 39 heavy (non-hydrogen) atoms. The molecule has 8 heteroatoms. The van der Waals surface area contributed by atoms with E-state index in [1.165, 1.54) is 17.7 Å². The van der Waals surface area contributed by atoms with Gasteiger partial charge in [0.25, 0.3) is 0 Å². The molecule has 0 spiro atoms. The number of rotatable bonds is 6. The first-order valence-electron chi connectivity index (χ1n) is 13.2. The number of aromatic nitrogens is 3. The fourth-order valence-electron chi connectivity index (χ4n) is 5.37. The van der Waals surface area contributed by atoms with Crippen molar-refractivity contribution in [3.63, 3.8) is 0 Å². The molecule has 1 aliphatic heterocycles. The molecule has 0 bridgehead atoms. The predicted octanol–water partition coefficient (Wildman–Crippen LogP) is 7.95. The molecule has 3 aromatic carbocycles. The smallest absolute Gasteiger partial charge is 0.150 e. The van der Waals surface area contributed by atoms with E-state index in [9.17, 15) is 4.39 Å². The van der Waals surface area contributed by atoms with Crippen LogP contribution in [0.15, 0.2) is 66.7 Å². The third-order valence-corrected chi connectivity index (χ3v) is 7.89. The Hall–Kier alpha value is -3.68. The van der Waals surface area contributed by atoms with E-state index in [1.54, 1.807) is 12.1 Å². The van der Waals surface area contributed by atoms with Crippen LogP contribution >= 0.6 is 23.8 Å². The maximum Gasteiger partial charge on any atom is 0.150 e. The van der Waals surface area contributed by atoms with E-state index in [2.05, 4.69) is 59.4 Å². The number of hydrogen-bond acceptors (Lipinski definition) is 3. The van der Waals surface area contributed by atoms with Crippen LogP contribution < -0.4 is 10.6 Å². The van der Waals surface area contributed by atoms with E-state index in [0.717, 1.165) is 76.6 Å². The maximum atomic E-state index is 13.4. The highest BCUT2D eigenvalue weighted by Crippen LogP contribution is 2.38. The Labute approximate surface area is 237 Å². The quantitative estimate of drug-likeness (QED) is 0.208. The molecule has 0 fully saturated rings. The first-order chi connectivity index (χ1) is 18.9. The Morgan fingerprint density at radius 3 is 2.56 bits per heavy atom. The lowest BCUT2D eigenvalue weighted by Crippen LogP contribution is -2.16. The highest BCUT2D eigenvalue weighted by molar-refractivity contribution is 7.81. The molecule has 0 saturated heterocycles. The molecule has 2 aromatic heterocycles.